The Hall–Kier alpha value is -1.68. The summed E-state index contributed by atoms with van der Waals surface area (Å²) in [6.45, 7) is 0. The second-order valence-electron chi connectivity index (χ2n) is 3.64. The fourth-order valence-electron chi connectivity index (χ4n) is 1.62. The molecule has 0 spiro atoms. The van der Waals surface area contributed by atoms with Crippen LogP contribution in [0.2, 0.25) is 0 Å². The average molecular weight is 238 g/mol. The lowest BCUT2D eigenvalue weighted by atomic mass is 10.2. The van der Waals surface area contributed by atoms with Crippen molar-refractivity contribution < 1.29 is 8.42 Å². The molecule has 1 fully saturated rings. The first kappa shape index (κ1) is 10.8. The van der Waals surface area contributed by atoms with E-state index in [4.69, 9.17) is 5.26 Å². The molecule has 1 aromatic heterocycles. The molecule has 1 unspecified atom stereocenters. The first-order valence-electron chi connectivity index (χ1n) is 4.78. The van der Waals surface area contributed by atoms with Crippen molar-refractivity contribution in [3.63, 3.8) is 0 Å². The van der Waals surface area contributed by atoms with E-state index in [2.05, 4.69) is 15.3 Å². The molecule has 0 amide bonds. The summed E-state index contributed by atoms with van der Waals surface area (Å²) >= 11 is 0. The van der Waals surface area contributed by atoms with E-state index in [-0.39, 0.29) is 23.2 Å². The van der Waals surface area contributed by atoms with Crippen LogP contribution in [0, 0.1) is 11.3 Å². The molecule has 1 aliphatic heterocycles. The Labute approximate surface area is 93.3 Å². The van der Waals surface area contributed by atoms with E-state index < -0.39 is 9.84 Å². The average Bonchev–Trinajstić information content (AvgIpc) is 2.58. The second kappa shape index (κ2) is 4.06. The maximum absolute atomic E-state index is 11.2. The van der Waals surface area contributed by atoms with Gasteiger partial charge in [-0.2, -0.15) is 5.26 Å². The molecule has 2 heterocycles. The summed E-state index contributed by atoms with van der Waals surface area (Å²) in [7, 11) is -2.90. The molecule has 1 aromatic rings. The van der Waals surface area contributed by atoms with Gasteiger partial charge in [-0.05, 0) is 6.42 Å². The number of hydrogen-bond donors (Lipinski definition) is 1. The van der Waals surface area contributed by atoms with Gasteiger partial charge in [0.2, 0.25) is 0 Å². The van der Waals surface area contributed by atoms with Crippen LogP contribution in [-0.2, 0) is 9.84 Å². The van der Waals surface area contributed by atoms with E-state index in [1.807, 2.05) is 6.07 Å². The molecular formula is C9H10N4O2S. The van der Waals surface area contributed by atoms with Crippen LogP contribution in [0.1, 0.15) is 12.1 Å². The highest BCUT2D eigenvalue weighted by molar-refractivity contribution is 7.91. The number of rotatable bonds is 2. The van der Waals surface area contributed by atoms with Crippen molar-refractivity contribution in [3.05, 3.63) is 18.1 Å². The number of anilines is 1. The lowest BCUT2D eigenvalue weighted by Crippen LogP contribution is -2.21. The second-order valence-corrected chi connectivity index (χ2v) is 5.87. The number of nitriles is 1. The first-order chi connectivity index (χ1) is 7.59. The summed E-state index contributed by atoms with van der Waals surface area (Å²) in [6.07, 6.45) is 1.86. The molecule has 0 radical (unpaired) electrons. The molecule has 84 valence electrons. The lowest BCUT2D eigenvalue weighted by molar-refractivity contribution is 0.602. The number of hydrogen-bond acceptors (Lipinski definition) is 6. The highest BCUT2D eigenvalue weighted by Crippen LogP contribution is 2.15. The Kier molecular flexibility index (Phi) is 2.75. The summed E-state index contributed by atoms with van der Waals surface area (Å²) in [4.78, 5) is 7.66. The van der Waals surface area contributed by atoms with E-state index in [1.165, 1.54) is 12.4 Å². The fourth-order valence-corrected chi connectivity index (χ4v) is 3.29. The standard InChI is InChI=1S/C9H10N4O2S/c10-4-8-3-9(12-6-11-8)13-7-1-2-16(14,15)5-7/h3,6-7H,1-2,5H2,(H,11,12,13). The molecule has 16 heavy (non-hydrogen) atoms. The van der Waals surface area contributed by atoms with Crippen molar-refractivity contribution in [3.8, 4) is 6.07 Å². The van der Waals surface area contributed by atoms with E-state index in [0.717, 1.165) is 0 Å². The molecule has 0 aliphatic carbocycles. The van der Waals surface area contributed by atoms with Gasteiger partial charge in [0.05, 0.1) is 11.5 Å². The van der Waals surface area contributed by atoms with Gasteiger partial charge >= 0.3 is 0 Å². The summed E-state index contributed by atoms with van der Waals surface area (Å²) < 4.78 is 22.5. The molecule has 2 rings (SSSR count). The van der Waals surface area contributed by atoms with Crippen molar-refractivity contribution in [2.75, 3.05) is 16.8 Å². The summed E-state index contributed by atoms with van der Waals surface area (Å²) in [6, 6.07) is 3.29. The number of nitrogens with one attached hydrogen (secondary N) is 1. The van der Waals surface area contributed by atoms with E-state index in [9.17, 15) is 8.42 Å². The molecule has 1 N–H and O–H groups in total. The third kappa shape index (κ3) is 2.46. The minimum atomic E-state index is -2.90. The van der Waals surface area contributed by atoms with Crippen molar-refractivity contribution in [2.45, 2.75) is 12.5 Å². The van der Waals surface area contributed by atoms with Gasteiger partial charge in [-0.1, -0.05) is 0 Å². The molecule has 1 atom stereocenters. The predicted octanol–water partition coefficient (Wildman–Crippen LogP) is -0.0527. The van der Waals surface area contributed by atoms with Crippen LogP contribution in [-0.4, -0.2) is 35.9 Å². The zero-order valence-electron chi connectivity index (χ0n) is 8.42. The molecule has 6 nitrogen and oxygen atoms in total. The van der Waals surface area contributed by atoms with Gasteiger partial charge in [0, 0.05) is 12.1 Å². The molecular weight excluding hydrogens is 228 g/mol. The first-order valence-corrected chi connectivity index (χ1v) is 6.60. The van der Waals surface area contributed by atoms with Crippen LogP contribution in [0.4, 0.5) is 5.82 Å². The highest BCUT2D eigenvalue weighted by Gasteiger charge is 2.27. The van der Waals surface area contributed by atoms with Crippen LogP contribution in [0.5, 0.6) is 0 Å². The highest BCUT2D eigenvalue weighted by atomic mass is 32.2. The smallest absolute Gasteiger partial charge is 0.152 e. The maximum Gasteiger partial charge on any atom is 0.152 e. The van der Waals surface area contributed by atoms with Crippen molar-refractivity contribution >= 4 is 15.7 Å². The van der Waals surface area contributed by atoms with E-state index in [0.29, 0.717) is 12.2 Å². The van der Waals surface area contributed by atoms with Crippen LogP contribution in [0.15, 0.2) is 12.4 Å². The van der Waals surface area contributed by atoms with E-state index in [1.54, 1.807) is 0 Å². The maximum atomic E-state index is 11.2. The van der Waals surface area contributed by atoms with Crippen molar-refractivity contribution in [1.29, 1.82) is 5.26 Å². The van der Waals surface area contributed by atoms with Crippen LogP contribution in [0.3, 0.4) is 0 Å². The van der Waals surface area contributed by atoms with Crippen LogP contribution >= 0.6 is 0 Å². The molecule has 0 aromatic carbocycles. The molecule has 1 aliphatic rings. The fraction of sp³-hybridized carbons (Fsp3) is 0.444. The van der Waals surface area contributed by atoms with Gasteiger partial charge < -0.3 is 5.32 Å². The molecule has 0 bridgehead atoms. The van der Waals surface area contributed by atoms with Crippen molar-refractivity contribution in [1.82, 2.24) is 9.97 Å². The van der Waals surface area contributed by atoms with Gasteiger partial charge in [-0.15, -0.1) is 0 Å². The third-order valence-corrected chi connectivity index (χ3v) is 4.13. The molecule has 1 saturated heterocycles. The Bertz CT molecular complexity index is 535. The topological polar surface area (TPSA) is 95.7 Å². The number of sulfone groups is 1. The molecule has 0 saturated carbocycles. The zero-order chi connectivity index (χ0) is 11.6. The van der Waals surface area contributed by atoms with Gasteiger partial charge in [0.15, 0.2) is 9.84 Å². The Morgan fingerprint density at radius 1 is 1.50 bits per heavy atom. The third-order valence-electron chi connectivity index (χ3n) is 2.37. The van der Waals surface area contributed by atoms with Gasteiger partial charge in [0.25, 0.3) is 0 Å². The summed E-state index contributed by atoms with van der Waals surface area (Å²) in [5, 5.41) is 11.6. The summed E-state index contributed by atoms with van der Waals surface area (Å²) in [5.74, 6) is 0.827. The normalized spacial score (nSPS) is 22.6. The predicted molar refractivity (Wildman–Crippen MR) is 57.4 cm³/mol. The van der Waals surface area contributed by atoms with Crippen LogP contribution < -0.4 is 5.32 Å². The van der Waals surface area contributed by atoms with Gasteiger partial charge in [-0.3, -0.25) is 0 Å². The number of aromatic nitrogens is 2. The SMILES string of the molecule is N#Cc1cc(NC2CCS(=O)(=O)C2)ncn1. The Morgan fingerprint density at radius 2 is 2.31 bits per heavy atom. The largest absolute Gasteiger partial charge is 0.366 e. The lowest BCUT2D eigenvalue weighted by Gasteiger charge is -2.10. The monoisotopic (exact) mass is 238 g/mol. The van der Waals surface area contributed by atoms with Crippen LogP contribution in [0.25, 0.3) is 0 Å². The minimum absolute atomic E-state index is 0.119. The van der Waals surface area contributed by atoms with E-state index >= 15 is 0 Å². The Balaban J connectivity index is 2.08. The minimum Gasteiger partial charge on any atom is -0.366 e. The quantitative estimate of drug-likeness (QED) is 0.775. The van der Waals surface area contributed by atoms with Gasteiger partial charge in [0.1, 0.15) is 23.9 Å². The molecule has 7 heteroatoms. The van der Waals surface area contributed by atoms with Gasteiger partial charge in [-0.25, -0.2) is 18.4 Å². The zero-order valence-corrected chi connectivity index (χ0v) is 9.24. The Morgan fingerprint density at radius 3 is 2.94 bits per heavy atom. The van der Waals surface area contributed by atoms with Crippen molar-refractivity contribution in [2.24, 2.45) is 0 Å². The number of nitrogens with zero attached hydrogens (tertiary/aromatic N) is 3. The summed E-state index contributed by atoms with van der Waals surface area (Å²) in [5.41, 5.74) is 0.262.